The van der Waals surface area contributed by atoms with Crippen molar-refractivity contribution in [3.63, 3.8) is 0 Å². The Bertz CT molecular complexity index is 397. The minimum atomic E-state index is 0.288. The smallest absolute Gasteiger partial charge is 0.0708 e. The fraction of sp³-hybridized carbons (Fsp3) is 0.667. The highest BCUT2D eigenvalue weighted by atomic mass is 16.5. The predicted octanol–water partition coefficient (Wildman–Crippen LogP) is 3.70. The topological polar surface area (TPSA) is 21.3 Å². The van der Waals surface area contributed by atoms with E-state index in [0.717, 1.165) is 13.1 Å². The molecular formula is C18H27NO. The van der Waals surface area contributed by atoms with Gasteiger partial charge in [-0.15, -0.1) is 0 Å². The summed E-state index contributed by atoms with van der Waals surface area (Å²) in [7, 11) is 0. The van der Waals surface area contributed by atoms with Gasteiger partial charge in [-0.2, -0.15) is 0 Å². The molecule has 0 radical (unpaired) electrons. The fourth-order valence-corrected chi connectivity index (χ4v) is 3.75. The first-order valence-electron chi connectivity index (χ1n) is 8.29. The Labute approximate surface area is 122 Å². The second-order valence-electron chi connectivity index (χ2n) is 6.46. The van der Waals surface area contributed by atoms with Crippen molar-refractivity contribution in [2.75, 3.05) is 13.1 Å². The molecule has 2 fully saturated rings. The molecule has 1 aliphatic carbocycles. The summed E-state index contributed by atoms with van der Waals surface area (Å²) in [6.07, 6.45) is 10.7. The van der Waals surface area contributed by atoms with Crippen LogP contribution in [0.3, 0.4) is 0 Å². The summed E-state index contributed by atoms with van der Waals surface area (Å²) in [6, 6.07) is 10.7. The third kappa shape index (κ3) is 3.62. The zero-order chi connectivity index (χ0) is 13.7. The van der Waals surface area contributed by atoms with Crippen molar-refractivity contribution in [2.45, 2.75) is 63.1 Å². The molecule has 1 aromatic carbocycles. The highest BCUT2D eigenvalue weighted by molar-refractivity contribution is 5.14. The number of ether oxygens (including phenoxy) is 1. The van der Waals surface area contributed by atoms with E-state index < -0.39 is 0 Å². The molecule has 1 unspecified atom stereocenters. The Morgan fingerprint density at radius 3 is 2.70 bits per heavy atom. The van der Waals surface area contributed by atoms with Crippen LogP contribution in [-0.2, 0) is 11.2 Å². The maximum Gasteiger partial charge on any atom is 0.0708 e. The number of benzene rings is 1. The number of nitrogens with one attached hydrogen (secondary N) is 1. The standard InChI is InChI=1S/C18H27NO/c1-2-7-16(8-3-1)9-6-14-19-15-17-10-13-18(20-17)11-4-5-12-18/h1-3,7-8,17,19H,4-6,9-15H2. The lowest BCUT2D eigenvalue weighted by Crippen LogP contribution is -2.31. The Kier molecular flexibility index (Phi) is 4.74. The van der Waals surface area contributed by atoms with Crippen LogP contribution in [-0.4, -0.2) is 24.8 Å². The van der Waals surface area contributed by atoms with E-state index in [1.54, 1.807) is 0 Å². The van der Waals surface area contributed by atoms with Crippen molar-refractivity contribution in [1.82, 2.24) is 5.32 Å². The summed E-state index contributed by atoms with van der Waals surface area (Å²) in [4.78, 5) is 0. The third-order valence-corrected chi connectivity index (χ3v) is 4.89. The van der Waals surface area contributed by atoms with E-state index in [1.165, 1.54) is 56.9 Å². The van der Waals surface area contributed by atoms with Gasteiger partial charge in [-0.05, 0) is 50.6 Å². The average Bonchev–Trinajstić information content (AvgIpc) is 3.10. The van der Waals surface area contributed by atoms with Crippen LogP contribution in [0.1, 0.15) is 50.5 Å². The van der Waals surface area contributed by atoms with Crippen molar-refractivity contribution in [3.8, 4) is 0 Å². The zero-order valence-corrected chi connectivity index (χ0v) is 12.4. The largest absolute Gasteiger partial charge is 0.370 e. The van der Waals surface area contributed by atoms with Gasteiger partial charge in [0.25, 0.3) is 0 Å². The average molecular weight is 273 g/mol. The summed E-state index contributed by atoms with van der Waals surface area (Å²) in [5.74, 6) is 0. The molecule has 1 spiro atoms. The van der Waals surface area contributed by atoms with E-state index in [2.05, 4.69) is 35.6 Å². The van der Waals surface area contributed by atoms with Gasteiger partial charge in [0.2, 0.25) is 0 Å². The number of rotatable bonds is 6. The van der Waals surface area contributed by atoms with Crippen LogP contribution in [0.5, 0.6) is 0 Å². The summed E-state index contributed by atoms with van der Waals surface area (Å²) < 4.78 is 6.31. The van der Waals surface area contributed by atoms with E-state index in [1.807, 2.05) is 0 Å². The van der Waals surface area contributed by atoms with E-state index in [9.17, 15) is 0 Å². The molecule has 1 aliphatic heterocycles. The molecule has 0 aromatic heterocycles. The molecule has 0 bridgehead atoms. The third-order valence-electron chi connectivity index (χ3n) is 4.89. The lowest BCUT2D eigenvalue weighted by atomic mass is 9.98. The first kappa shape index (κ1) is 14.1. The van der Waals surface area contributed by atoms with Gasteiger partial charge < -0.3 is 10.1 Å². The summed E-state index contributed by atoms with van der Waals surface area (Å²) in [5, 5.41) is 3.58. The first-order valence-corrected chi connectivity index (χ1v) is 8.29. The molecule has 1 saturated heterocycles. The highest BCUT2D eigenvalue weighted by Crippen LogP contribution is 2.43. The summed E-state index contributed by atoms with van der Waals surface area (Å²) in [5.41, 5.74) is 1.73. The van der Waals surface area contributed by atoms with E-state index >= 15 is 0 Å². The van der Waals surface area contributed by atoms with Crippen LogP contribution in [0, 0.1) is 0 Å². The van der Waals surface area contributed by atoms with Crippen LogP contribution in [0.2, 0.25) is 0 Å². The molecular weight excluding hydrogens is 246 g/mol. The molecule has 20 heavy (non-hydrogen) atoms. The van der Waals surface area contributed by atoms with Crippen molar-refractivity contribution in [1.29, 1.82) is 0 Å². The SMILES string of the molecule is c1ccc(CCCNCC2CCC3(CCCC3)O2)cc1. The van der Waals surface area contributed by atoms with Gasteiger partial charge in [0.1, 0.15) is 0 Å². The Morgan fingerprint density at radius 1 is 1.10 bits per heavy atom. The summed E-state index contributed by atoms with van der Waals surface area (Å²) in [6.45, 7) is 2.14. The van der Waals surface area contributed by atoms with E-state index in [4.69, 9.17) is 4.74 Å². The normalized spacial score (nSPS) is 24.5. The van der Waals surface area contributed by atoms with Crippen LogP contribution >= 0.6 is 0 Å². The number of hydrogen-bond donors (Lipinski definition) is 1. The van der Waals surface area contributed by atoms with Gasteiger partial charge in [-0.25, -0.2) is 0 Å². The lowest BCUT2D eigenvalue weighted by Gasteiger charge is -2.23. The van der Waals surface area contributed by atoms with E-state index in [0.29, 0.717) is 6.10 Å². The molecule has 1 saturated carbocycles. The van der Waals surface area contributed by atoms with Crippen molar-refractivity contribution < 1.29 is 4.74 Å². The molecule has 2 heteroatoms. The van der Waals surface area contributed by atoms with Crippen LogP contribution in [0.25, 0.3) is 0 Å². The first-order chi connectivity index (χ1) is 9.86. The van der Waals surface area contributed by atoms with Crippen molar-refractivity contribution >= 4 is 0 Å². The molecule has 1 aromatic rings. The maximum atomic E-state index is 6.31. The minimum Gasteiger partial charge on any atom is -0.370 e. The quantitative estimate of drug-likeness (QED) is 0.798. The molecule has 110 valence electrons. The Morgan fingerprint density at radius 2 is 1.90 bits per heavy atom. The molecule has 0 amide bonds. The maximum absolute atomic E-state index is 6.31. The van der Waals surface area contributed by atoms with Crippen molar-refractivity contribution in [3.05, 3.63) is 35.9 Å². The fourth-order valence-electron chi connectivity index (χ4n) is 3.75. The molecule has 3 rings (SSSR count). The minimum absolute atomic E-state index is 0.288. The zero-order valence-electron chi connectivity index (χ0n) is 12.4. The summed E-state index contributed by atoms with van der Waals surface area (Å²) >= 11 is 0. The molecule has 1 heterocycles. The number of hydrogen-bond acceptors (Lipinski definition) is 2. The van der Waals surface area contributed by atoms with Gasteiger partial charge in [-0.1, -0.05) is 43.2 Å². The van der Waals surface area contributed by atoms with Crippen LogP contribution < -0.4 is 5.32 Å². The van der Waals surface area contributed by atoms with Gasteiger partial charge in [0.15, 0.2) is 0 Å². The van der Waals surface area contributed by atoms with Gasteiger partial charge in [0, 0.05) is 6.54 Å². The lowest BCUT2D eigenvalue weighted by molar-refractivity contribution is -0.0350. The van der Waals surface area contributed by atoms with Gasteiger partial charge >= 0.3 is 0 Å². The molecule has 2 aliphatic rings. The highest BCUT2D eigenvalue weighted by Gasteiger charge is 2.41. The Hall–Kier alpha value is -0.860. The van der Waals surface area contributed by atoms with Gasteiger partial charge in [-0.3, -0.25) is 0 Å². The van der Waals surface area contributed by atoms with E-state index in [-0.39, 0.29) is 5.60 Å². The molecule has 1 N–H and O–H groups in total. The number of aryl methyl sites for hydroxylation is 1. The van der Waals surface area contributed by atoms with Gasteiger partial charge in [0.05, 0.1) is 11.7 Å². The van der Waals surface area contributed by atoms with Crippen LogP contribution in [0.15, 0.2) is 30.3 Å². The van der Waals surface area contributed by atoms with Crippen molar-refractivity contribution in [2.24, 2.45) is 0 Å². The monoisotopic (exact) mass is 273 g/mol. The Balaban J connectivity index is 1.29. The molecule has 1 atom stereocenters. The van der Waals surface area contributed by atoms with Crippen LogP contribution in [0.4, 0.5) is 0 Å². The second kappa shape index (κ2) is 6.73. The molecule has 2 nitrogen and oxygen atoms in total. The second-order valence-corrected chi connectivity index (χ2v) is 6.46. The predicted molar refractivity (Wildman–Crippen MR) is 82.9 cm³/mol.